The van der Waals surface area contributed by atoms with E-state index in [0.717, 1.165) is 30.7 Å². The fourth-order valence-electron chi connectivity index (χ4n) is 3.96. The minimum atomic E-state index is -4.14. The third-order valence-electron chi connectivity index (χ3n) is 5.93. The molecule has 39 heavy (non-hydrogen) atoms. The number of nitro groups is 1. The number of rotatable bonds is 8. The van der Waals surface area contributed by atoms with Crippen molar-refractivity contribution in [2.45, 2.75) is 11.8 Å². The molecule has 0 saturated carbocycles. The maximum absolute atomic E-state index is 13.4. The average Bonchev–Trinajstić information content (AvgIpc) is 3.36. The van der Waals surface area contributed by atoms with E-state index in [2.05, 4.69) is 16.4 Å². The van der Waals surface area contributed by atoms with Crippen LogP contribution in [-0.4, -0.2) is 30.8 Å². The van der Waals surface area contributed by atoms with Gasteiger partial charge in [-0.15, -0.1) is 11.3 Å². The molecule has 0 aliphatic heterocycles. The minimum absolute atomic E-state index is 0.00784. The Morgan fingerprint density at radius 1 is 0.974 bits per heavy atom. The highest BCUT2D eigenvalue weighted by atomic mass is 32.2. The molecule has 1 amide bonds. The first-order valence-corrected chi connectivity index (χ1v) is 14.1. The summed E-state index contributed by atoms with van der Waals surface area (Å²) in [6, 6.07) is 25.9. The standard InChI is InChI=1S/C28H22N4O5S2/c1-19-7-16-25-26(17-19)38-28(30-25)20-8-10-21(11-9-20)29-27(33)18-31(22-12-14-23(15-13-22)32(34)35)39(36,37)24-5-3-2-4-6-24/h2-17H,18H2,1H3,(H,29,33). The van der Waals surface area contributed by atoms with Gasteiger partial charge in [-0.1, -0.05) is 24.3 Å². The van der Waals surface area contributed by atoms with Gasteiger partial charge in [0.2, 0.25) is 5.91 Å². The van der Waals surface area contributed by atoms with Crippen LogP contribution in [0.5, 0.6) is 0 Å². The molecule has 0 bridgehead atoms. The fourth-order valence-corrected chi connectivity index (χ4v) is 6.47. The van der Waals surface area contributed by atoms with Crippen LogP contribution in [0.3, 0.4) is 0 Å². The molecular formula is C28H22N4O5S2. The second kappa shape index (κ2) is 10.6. The summed E-state index contributed by atoms with van der Waals surface area (Å²) in [4.78, 5) is 28.2. The van der Waals surface area contributed by atoms with Crippen molar-refractivity contribution in [3.63, 3.8) is 0 Å². The van der Waals surface area contributed by atoms with E-state index in [4.69, 9.17) is 0 Å². The van der Waals surface area contributed by atoms with Gasteiger partial charge in [0.15, 0.2) is 0 Å². The molecule has 4 aromatic carbocycles. The molecule has 11 heteroatoms. The fraction of sp³-hybridized carbons (Fsp3) is 0.0714. The number of nitro benzene ring substituents is 1. The summed E-state index contributed by atoms with van der Waals surface area (Å²) in [5, 5.41) is 14.7. The number of sulfonamides is 1. The minimum Gasteiger partial charge on any atom is -0.325 e. The van der Waals surface area contributed by atoms with Gasteiger partial charge in [-0.05, 0) is 73.2 Å². The van der Waals surface area contributed by atoms with E-state index in [1.807, 2.05) is 31.2 Å². The third-order valence-corrected chi connectivity index (χ3v) is 8.78. The summed E-state index contributed by atoms with van der Waals surface area (Å²) in [6.07, 6.45) is 0. The molecule has 1 N–H and O–H groups in total. The van der Waals surface area contributed by atoms with Crippen LogP contribution in [0.25, 0.3) is 20.8 Å². The van der Waals surface area contributed by atoms with Crippen LogP contribution < -0.4 is 9.62 Å². The van der Waals surface area contributed by atoms with Crippen LogP contribution >= 0.6 is 11.3 Å². The van der Waals surface area contributed by atoms with E-state index >= 15 is 0 Å². The first kappa shape index (κ1) is 26.0. The number of fused-ring (bicyclic) bond motifs is 1. The molecule has 0 radical (unpaired) electrons. The van der Waals surface area contributed by atoms with Gasteiger partial charge >= 0.3 is 0 Å². The quantitative estimate of drug-likeness (QED) is 0.184. The van der Waals surface area contributed by atoms with Crippen molar-refractivity contribution in [1.29, 1.82) is 0 Å². The summed E-state index contributed by atoms with van der Waals surface area (Å²) in [5.41, 5.74) is 3.40. The molecule has 0 spiro atoms. The van der Waals surface area contributed by atoms with Gasteiger partial charge < -0.3 is 5.32 Å². The number of non-ortho nitro benzene ring substituents is 1. The van der Waals surface area contributed by atoms with Crippen molar-refractivity contribution < 1.29 is 18.1 Å². The number of carbonyl (C=O) groups is 1. The van der Waals surface area contributed by atoms with Crippen molar-refractivity contribution in [2.75, 3.05) is 16.2 Å². The Balaban J connectivity index is 1.37. The predicted octanol–water partition coefficient (Wildman–Crippen LogP) is 6.01. The van der Waals surface area contributed by atoms with Gasteiger partial charge in [0.05, 0.1) is 25.7 Å². The molecule has 0 aliphatic carbocycles. The zero-order chi connectivity index (χ0) is 27.6. The largest absolute Gasteiger partial charge is 0.325 e. The molecule has 5 aromatic rings. The van der Waals surface area contributed by atoms with Crippen LogP contribution in [0, 0.1) is 17.0 Å². The number of benzene rings is 4. The highest BCUT2D eigenvalue weighted by Gasteiger charge is 2.27. The zero-order valence-corrected chi connectivity index (χ0v) is 22.3. The number of aromatic nitrogens is 1. The molecule has 0 atom stereocenters. The molecule has 1 aromatic heterocycles. The number of carbonyl (C=O) groups excluding carboxylic acids is 1. The number of aryl methyl sites for hydroxylation is 1. The maximum Gasteiger partial charge on any atom is 0.269 e. The monoisotopic (exact) mass is 558 g/mol. The molecule has 0 fully saturated rings. The molecule has 0 aliphatic rings. The van der Waals surface area contributed by atoms with Crippen LogP contribution in [-0.2, 0) is 14.8 Å². The SMILES string of the molecule is Cc1ccc2nc(-c3ccc(NC(=O)CN(c4ccc([N+](=O)[O-])cc4)S(=O)(=O)c4ccccc4)cc3)sc2c1. The Morgan fingerprint density at radius 2 is 1.67 bits per heavy atom. The summed E-state index contributed by atoms with van der Waals surface area (Å²) in [6.45, 7) is 1.50. The Kier molecular flexibility index (Phi) is 7.09. The average molecular weight is 559 g/mol. The number of anilines is 2. The van der Waals surface area contributed by atoms with Gasteiger partial charge in [0.25, 0.3) is 15.7 Å². The lowest BCUT2D eigenvalue weighted by Gasteiger charge is -2.24. The van der Waals surface area contributed by atoms with Crippen LogP contribution in [0.15, 0.2) is 102 Å². The van der Waals surface area contributed by atoms with Crippen molar-refractivity contribution in [2.24, 2.45) is 0 Å². The van der Waals surface area contributed by atoms with E-state index in [1.54, 1.807) is 41.7 Å². The Hall–Kier alpha value is -4.61. The highest BCUT2D eigenvalue weighted by molar-refractivity contribution is 7.92. The van der Waals surface area contributed by atoms with Gasteiger partial charge in [-0.2, -0.15) is 0 Å². The van der Waals surface area contributed by atoms with Crippen molar-refractivity contribution in [1.82, 2.24) is 4.98 Å². The van der Waals surface area contributed by atoms with Crippen molar-refractivity contribution >= 4 is 54.5 Å². The van der Waals surface area contributed by atoms with Crippen LogP contribution in [0.4, 0.5) is 17.1 Å². The number of nitrogens with one attached hydrogen (secondary N) is 1. The lowest BCUT2D eigenvalue weighted by molar-refractivity contribution is -0.384. The summed E-state index contributed by atoms with van der Waals surface area (Å²) in [5.74, 6) is -0.573. The summed E-state index contributed by atoms with van der Waals surface area (Å²) in [7, 11) is -4.14. The van der Waals surface area contributed by atoms with Crippen LogP contribution in [0.1, 0.15) is 5.56 Å². The second-order valence-corrected chi connectivity index (χ2v) is 11.6. The topological polar surface area (TPSA) is 123 Å². The first-order chi connectivity index (χ1) is 18.7. The number of hydrogen-bond donors (Lipinski definition) is 1. The van der Waals surface area contributed by atoms with E-state index in [9.17, 15) is 23.3 Å². The van der Waals surface area contributed by atoms with E-state index in [1.165, 1.54) is 36.4 Å². The third kappa shape index (κ3) is 5.64. The summed E-state index contributed by atoms with van der Waals surface area (Å²) >= 11 is 1.58. The molecule has 0 saturated heterocycles. The molecule has 5 rings (SSSR count). The van der Waals surface area contributed by atoms with E-state index in [0.29, 0.717) is 5.69 Å². The van der Waals surface area contributed by atoms with Gasteiger partial charge in [-0.25, -0.2) is 13.4 Å². The van der Waals surface area contributed by atoms with Crippen molar-refractivity contribution in [3.8, 4) is 10.6 Å². The Labute approximate surface area is 228 Å². The lowest BCUT2D eigenvalue weighted by Crippen LogP contribution is -2.38. The number of hydrogen-bond acceptors (Lipinski definition) is 7. The Morgan fingerprint density at radius 3 is 2.33 bits per heavy atom. The molecule has 1 heterocycles. The predicted molar refractivity (Wildman–Crippen MR) is 152 cm³/mol. The summed E-state index contributed by atoms with van der Waals surface area (Å²) < 4.78 is 28.9. The van der Waals surface area contributed by atoms with Crippen LogP contribution in [0.2, 0.25) is 0 Å². The molecule has 9 nitrogen and oxygen atoms in total. The normalized spacial score (nSPS) is 11.3. The van der Waals surface area contributed by atoms with Gasteiger partial charge in [0, 0.05) is 23.4 Å². The van der Waals surface area contributed by atoms with E-state index in [-0.39, 0.29) is 16.3 Å². The van der Waals surface area contributed by atoms with Crippen molar-refractivity contribution in [3.05, 3.63) is 113 Å². The maximum atomic E-state index is 13.4. The molecule has 0 unspecified atom stereocenters. The number of thiazole rings is 1. The number of amides is 1. The highest BCUT2D eigenvalue weighted by Crippen LogP contribution is 2.31. The Bertz CT molecular complexity index is 1770. The van der Waals surface area contributed by atoms with Gasteiger partial charge in [-0.3, -0.25) is 19.2 Å². The van der Waals surface area contributed by atoms with E-state index < -0.39 is 27.4 Å². The molecular weight excluding hydrogens is 536 g/mol. The van der Waals surface area contributed by atoms with Gasteiger partial charge in [0.1, 0.15) is 11.6 Å². The number of nitrogens with zero attached hydrogens (tertiary/aromatic N) is 3. The first-order valence-electron chi connectivity index (χ1n) is 11.8. The molecule has 196 valence electrons. The smallest absolute Gasteiger partial charge is 0.269 e. The second-order valence-electron chi connectivity index (χ2n) is 8.71. The lowest BCUT2D eigenvalue weighted by atomic mass is 10.2. The zero-order valence-electron chi connectivity index (χ0n) is 20.6.